The second-order valence-electron chi connectivity index (χ2n) is 6.38. The van der Waals surface area contributed by atoms with E-state index >= 15 is 0 Å². The molecular formula is C19H32ClIN4O2. The van der Waals surface area contributed by atoms with Crippen molar-refractivity contribution in [2.75, 3.05) is 53.0 Å². The Morgan fingerprint density at radius 3 is 2.70 bits per heavy atom. The van der Waals surface area contributed by atoms with Gasteiger partial charge in [0.2, 0.25) is 0 Å². The Kier molecular flexibility index (Phi) is 12.3. The summed E-state index contributed by atoms with van der Waals surface area (Å²) in [5.74, 6) is 0.802. The number of aliphatic imine (C=N–C) groups is 1. The Hall–Kier alpha value is -0.610. The summed E-state index contributed by atoms with van der Waals surface area (Å²) in [6.45, 7) is 10.0. The lowest BCUT2D eigenvalue weighted by atomic mass is 10.1. The zero-order valence-corrected chi connectivity index (χ0v) is 19.5. The van der Waals surface area contributed by atoms with E-state index < -0.39 is 0 Å². The van der Waals surface area contributed by atoms with Crippen LogP contribution in [0.5, 0.6) is 0 Å². The van der Waals surface area contributed by atoms with Gasteiger partial charge in [0.05, 0.1) is 25.9 Å². The van der Waals surface area contributed by atoms with Gasteiger partial charge in [0.25, 0.3) is 0 Å². The van der Waals surface area contributed by atoms with Gasteiger partial charge >= 0.3 is 0 Å². The Labute approximate surface area is 185 Å². The minimum absolute atomic E-state index is 0. The van der Waals surface area contributed by atoms with Gasteiger partial charge in [-0.15, -0.1) is 24.0 Å². The quantitative estimate of drug-likeness (QED) is 0.320. The summed E-state index contributed by atoms with van der Waals surface area (Å²) >= 11 is 6.09. The first-order chi connectivity index (χ1) is 12.6. The van der Waals surface area contributed by atoms with Crippen LogP contribution >= 0.6 is 35.6 Å². The van der Waals surface area contributed by atoms with Crippen molar-refractivity contribution in [2.24, 2.45) is 4.99 Å². The zero-order chi connectivity index (χ0) is 18.8. The standard InChI is InChI=1S/C19H31ClN4O2.HI/c1-4-21-19(22-13-15(2)24-8-10-26-11-9-24)23-14-18(25-3)16-6-5-7-17(20)12-16;/h5-7,12,15,18H,4,8-11,13-14H2,1-3H3,(H2,21,22,23);1H. The highest BCUT2D eigenvalue weighted by Gasteiger charge is 2.17. The molecule has 27 heavy (non-hydrogen) atoms. The third-order valence-corrected chi connectivity index (χ3v) is 4.72. The lowest BCUT2D eigenvalue weighted by Crippen LogP contribution is -2.45. The molecule has 1 aromatic carbocycles. The Morgan fingerprint density at radius 1 is 1.33 bits per heavy atom. The molecule has 1 fully saturated rings. The maximum Gasteiger partial charge on any atom is 0.191 e. The molecule has 1 aliphatic heterocycles. The lowest BCUT2D eigenvalue weighted by Gasteiger charge is -2.31. The van der Waals surface area contributed by atoms with Gasteiger partial charge in [-0.05, 0) is 31.5 Å². The van der Waals surface area contributed by atoms with Gasteiger partial charge in [-0.25, -0.2) is 0 Å². The number of halogens is 2. The van der Waals surface area contributed by atoms with Crippen LogP contribution in [-0.4, -0.2) is 69.9 Å². The number of benzene rings is 1. The monoisotopic (exact) mass is 510 g/mol. The fraction of sp³-hybridized carbons (Fsp3) is 0.632. The van der Waals surface area contributed by atoms with Gasteiger partial charge in [0, 0.05) is 44.4 Å². The van der Waals surface area contributed by atoms with Crippen molar-refractivity contribution in [3.63, 3.8) is 0 Å². The second kappa shape index (κ2) is 13.5. The van der Waals surface area contributed by atoms with Crippen LogP contribution in [0.25, 0.3) is 0 Å². The number of methoxy groups -OCH3 is 1. The third kappa shape index (κ3) is 8.51. The summed E-state index contributed by atoms with van der Waals surface area (Å²) in [5.41, 5.74) is 1.05. The molecule has 2 rings (SSSR count). The molecule has 0 bridgehead atoms. The van der Waals surface area contributed by atoms with Crippen LogP contribution in [0.4, 0.5) is 0 Å². The Bertz CT molecular complexity index is 570. The molecule has 1 heterocycles. The highest BCUT2D eigenvalue weighted by Crippen LogP contribution is 2.19. The average Bonchev–Trinajstić information content (AvgIpc) is 2.67. The highest BCUT2D eigenvalue weighted by molar-refractivity contribution is 14.0. The molecule has 154 valence electrons. The first kappa shape index (κ1) is 24.4. The van der Waals surface area contributed by atoms with Crippen LogP contribution < -0.4 is 10.6 Å². The SMILES string of the molecule is CCNC(=NCC(C)N1CCOCC1)NCC(OC)c1cccc(Cl)c1.I. The van der Waals surface area contributed by atoms with Crippen LogP contribution in [0.2, 0.25) is 5.02 Å². The number of hydrogen-bond acceptors (Lipinski definition) is 4. The van der Waals surface area contributed by atoms with Crippen LogP contribution in [0.3, 0.4) is 0 Å². The first-order valence-corrected chi connectivity index (χ1v) is 9.64. The third-order valence-electron chi connectivity index (χ3n) is 4.49. The summed E-state index contributed by atoms with van der Waals surface area (Å²) in [7, 11) is 1.71. The van der Waals surface area contributed by atoms with Crippen LogP contribution in [-0.2, 0) is 9.47 Å². The Balaban J connectivity index is 0.00000364. The fourth-order valence-corrected chi connectivity index (χ4v) is 3.13. The number of nitrogens with one attached hydrogen (secondary N) is 2. The molecule has 0 radical (unpaired) electrons. The van der Waals surface area contributed by atoms with Gasteiger partial charge < -0.3 is 20.1 Å². The molecule has 6 nitrogen and oxygen atoms in total. The lowest BCUT2D eigenvalue weighted by molar-refractivity contribution is 0.0220. The molecule has 0 aliphatic carbocycles. The van der Waals surface area contributed by atoms with Crippen molar-refractivity contribution >= 4 is 41.5 Å². The van der Waals surface area contributed by atoms with Gasteiger partial charge in [0.1, 0.15) is 0 Å². The van der Waals surface area contributed by atoms with Gasteiger partial charge in [-0.2, -0.15) is 0 Å². The van der Waals surface area contributed by atoms with E-state index in [2.05, 4.69) is 29.4 Å². The summed E-state index contributed by atoms with van der Waals surface area (Å²) in [6.07, 6.45) is -0.0887. The van der Waals surface area contributed by atoms with Gasteiger partial charge in [-0.3, -0.25) is 9.89 Å². The van der Waals surface area contributed by atoms with E-state index in [-0.39, 0.29) is 30.1 Å². The van der Waals surface area contributed by atoms with Gasteiger partial charge in [-0.1, -0.05) is 23.7 Å². The van der Waals surface area contributed by atoms with Crippen LogP contribution in [0.1, 0.15) is 25.5 Å². The Morgan fingerprint density at radius 2 is 2.07 bits per heavy atom. The highest BCUT2D eigenvalue weighted by atomic mass is 127. The minimum Gasteiger partial charge on any atom is -0.379 e. The zero-order valence-electron chi connectivity index (χ0n) is 16.4. The number of rotatable bonds is 8. The topological polar surface area (TPSA) is 58.1 Å². The molecule has 0 spiro atoms. The largest absolute Gasteiger partial charge is 0.379 e. The maximum absolute atomic E-state index is 6.09. The molecule has 8 heteroatoms. The molecule has 1 saturated heterocycles. The normalized spacial score (nSPS) is 17.7. The average molecular weight is 511 g/mol. The molecular weight excluding hydrogens is 479 g/mol. The molecule has 2 N–H and O–H groups in total. The number of nitrogens with zero attached hydrogens (tertiary/aromatic N) is 2. The first-order valence-electron chi connectivity index (χ1n) is 9.26. The molecule has 1 aliphatic rings. The number of ether oxygens (including phenoxy) is 2. The predicted molar refractivity (Wildman–Crippen MR) is 122 cm³/mol. The minimum atomic E-state index is -0.0887. The van der Waals surface area contributed by atoms with Crippen LogP contribution in [0.15, 0.2) is 29.3 Å². The van der Waals surface area contributed by atoms with Crippen molar-refractivity contribution in [3.8, 4) is 0 Å². The van der Waals surface area contributed by atoms with Crippen molar-refractivity contribution in [1.82, 2.24) is 15.5 Å². The smallest absolute Gasteiger partial charge is 0.191 e. The summed E-state index contributed by atoms with van der Waals surface area (Å²) in [5, 5.41) is 7.39. The van der Waals surface area contributed by atoms with E-state index in [0.29, 0.717) is 17.6 Å². The van der Waals surface area contributed by atoms with Gasteiger partial charge in [0.15, 0.2) is 5.96 Å². The molecule has 2 unspecified atom stereocenters. The van der Waals surface area contributed by atoms with E-state index in [1.807, 2.05) is 24.3 Å². The number of guanidine groups is 1. The van der Waals surface area contributed by atoms with Crippen molar-refractivity contribution in [2.45, 2.75) is 26.0 Å². The van der Waals surface area contributed by atoms with Crippen molar-refractivity contribution < 1.29 is 9.47 Å². The number of morpholine rings is 1. The summed E-state index contributed by atoms with van der Waals surface area (Å²) in [4.78, 5) is 7.15. The summed E-state index contributed by atoms with van der Waals surface area (Å²) < 4.78 is 11.0. The van der Waals surface area contributed by atoms with Crippen molar-refractivity contribution in [1.29, 1.82) is 0 Å². The molecule has 0 saturated carbocycles. The maximum atomic E-state index is 6.09. The van der Waals surface area contributed by atoms with Crippen molar-refractivity contribution in [3.05, 3.63) is 34.9 Å². The molecule has 0 aromatic heterocycles. The van der Waals surface area contributed by atoms with E-state index in [0.717, 1.165) is 50.9 Å². The predicted octanol–water partition coefficient (Wildman–Crippen LogP) is 2.92. The van der Waals surface area contributed by atoms with E-state index in [9.17, 15) is 0 Å². The molecule has 1 aromatic rings. The van der Waals surface area contributed by atoms with E-state index in [1.54, 1.807) is 7.11 Å². The molecule has 0 amide bonds. The van der Waals surface area contributed by atoms with E-state index in [1.165, 1.54) is 0 Å². The summed E-state index contributed by atoms with van der Waals surface area (Å²) in [6, 6.07) is 8.14. The molecule has 2 atom stereocenters. The second-order valence-corrected chi connectivity index (χ2v) is 6.81. The number of hydrogen-bond donors (Lipinski definition) is 2. The van der Waals surface area contributed by atoms with E-state index in [4.69, 9.17) is 26.1 Å². The van der Waals surface area contributed by atoms with Crippen LogP contribution in [0, 0.1) is 0 Å². The fourth-order valence-electron chi connectivity index (χ4n) is 2.93.